The van der Waals surface area contributed by atoms with Crippen LogP contribution in [0.1, 0.15) is 33.0 Å². The minimum atomic E-state index is -0.528. The Hall–Kier alpha value is -3.10. The Bertz CT molecular complexity index is 1320. The summed E-state index contributed by atoms with van der Waals surface area (Å²) >= 11 is 7.80. The number of hydrogen-bond donors (Lipinski definition) is 0. The number of aromatic nitrogens is 4. The van der Waals surface area contributed by atoms with Crippen LogP contribution in [-0.4, -0.2) is 25.5 Å². The Balaban J connectivity index is 1.77. The van der Waals surface area contributed by atoms with Gasteiger partial charge in [-0.3, -0.25) is 4.57 Å². The third-order valence-corrected chi connectivity index (χ3v) is 6.78. The number of benzene rings is 1. The predicted molar refractivity (Wildman–Crippen MR) is 121 cm³/mol. The van der Waals surface area contributed by atoms with Crippen molar-refractivity contribution in [3.8, 4) is 5.00 Å². The maximum absolute atomic E-state index is 14.4. The van der Waals surface area contributed by atoms with E-state index in [1.54, 1.807) is 28.5 Å². The molecule has 0 N–H and O–H groups in total. The molecule has 0 aliphatic carbocycles. The van der Waals surface area contributed by atoms with Crippen LogP contribution >= 0.6 is 22.9 Å². The number of hydrazone groups is 1. The summed E-state index contributed by atoms with van der Waals surface area (Å²) in [5, 5.41) is 17.0. The molecule has 3 aromatic heterocycles. The largest absolute Gasteiger partial charge is 0.254 e. The molecule has 0 spiro atoms. The van der Waals surface area contributed by atoms with Gasteiger partial charge in [-0.25, -0.2) is 9.99 Å². The summed E-state index contributed by atoms with van der Waals surface area (Å²) in [7, 11) is 0. The Morgan fingerprint density at radius 1 is 1.06 bits per heavy atom. The van der Waals surface area contributed by atoms with Crippen LogP contribution in [0.3, 0.4) is 0 Å². The molecule has 0 saturated carbocycles. The van der Waals surface area contributed by atoms with E-state index in [1.807, 2.05) is 35.8 Å². The molecule has 5 rings (SSSR count). The molecule has 1 aromatic carbocycles. The first-order chi connectivity index (χ1) is 14.9. The zero-order chi connectivity index (χ0) is 21.7. The minimum Gasteiger partial charge on any atom is -0.254 e. The smallest absolute Gasteiger partial charge is 0.253 e. The summed E-state index contributed by atoms with van der Waals surface area (Å²) in [4.78, 5) is 4.97. The summed E-state index contributed by atoms with van der Waals surface area (Å²) in [6.45, 7) is 6.25. The van der Waals surface area contributed by atoms with E-state index in [4.69, 9.17) is 16.7 Å². The topological polar surface area (TPSA) is 59.2 Å². The molecule has 0 bridgehead atoms. The van der Waals surface area contributed by atoms with Crippen LogP contribution < -0.4 is 5.01 Å². The highest BCUT2D eigenvalue weighted by Gasteiger charge is 2.30. The van der Waals surface area contributed by atoms with Gasteiger partial charge >= 0.3 is 0 Å². The lowest BCUT2D eigenvalue weighted by Gasteiger charge is -2.18. The van der Waals surface area contributed by atoms with Crippen molar-refractivity contribution in [3.05, 3.63) is 86.5 Å². The van der Waals surface area contributed by atoms with Gasteiger partial charge in [0.1, 0.15) is 16.5 Å². The summed E-state index contributed by atoms with van der Waals surface area (Å²) < 4.78 is 16.4. The SMILES string of the molecule is Cc1sc2c(c1C)C(c1ccc(Cl)cc1)=NN(Cc1cccnc1F)c1nnc(C)n1-2. The number of fused-ring (bicyclic) bond motifs is 3. The molecule has 0 radical (unpaired) electrons. The minimum absolute atomic E-state index is 0.169. The Morgan fingerprint density at radius 2 is 1.84 bits per heavy atom. The molecule has 0 saturated heterocycles. The summed E-state index contributed by atoms with van der Waals surface area (Å²) in [6.07, 6.45) is 1.43. The third-order valence-electron chi connectivity index (χ3n) is 5.34. The van der Waals surface area contributed by atoms with Gasteiger partial charge in [-0.2, -0.15) is 9.49 Å². The van der Waals surface area contributed by atoms with Crippen molar-refractivity contribution in [2.75, 3.05) is 5.01 Å². The van der Waals surface area contributed by atoms with Crippen LogP contribution in [0.25, 0.3) is 5.00 Å². The van der Waals surface area contributed by atoms with E-state index in [2.05, 4.69) is 29.0 Å². The monoisotopic (exact) mass is 452 g/mol. The van der Waals surface area contributed by atoms with Gasteiger partial charge in [0.2, 0.25) is 5.95 Å². The van der Waals surface area contributed by atoms with Gasteiger partial charge in [-0.05, 0) is 44.5 Å². The summed E-state index contributed by atoms with van der Waals surface area (Å²) in [5.74, 6) is 0.744. The number of halogens is 2. The zero-order valence-electron chi connectivity index (χ0n) is 17.1. The molecular weight excluding hydrogens is 435 g/mol. The Labute approximate surface area is 187 Å². The van der Waals surface area contributed by atoms with Gasteiger partial charge in [0.25, 0.3) is 5.95 Å². The van der Waals surface area contributed by atoms with Crippen LogP contribution in [0.4, 0.5) is 10.3 Å². The lowest BCUT2D eigenvalue weighted by molar-refractivity contribution is 0.562. The fourth-order valence-corrected chi connectivity index (χ4v) is 4.96. The summed E-state index contributed by atoms with van der Waals surface area (Å²) in [6, 6.07) is 11.0. The fraction of sp³-hybridized carbons (Fsp3) is 0.182. The van der Waals surface area contributed by atoms with Crippen LogP contribution in [-0.2, 0) is 6.54 Å². The zero-order valence-corrected chi connectivity index (χ0v) is 18.7. The van der Waals surface area contributed by atoms with Gasteiger partial charge in [-0.1, -0.05) is 29.8 Å². The molecule has 1 aliphatic heterocycles. The Morgan fingerprint density at radius 3 is 2.58 bits per heavy atom. The van der Waals surface area contributed by atoms with Crippen LogP contribution in [0.5, 0.6) is 0 Å². The standard InChI is InChI=1S/C22H18ClFN6S/c1-12-13(2)31-21-18(12)19(15-6-8-17(23)9-7-15)28-29(22-27-26-14(3)30(21)22)11-16-5-4-10-25-20(16)24/h4-10H,11H2,1-3H3. The van der Waals surface area contributed by atoms with Gasteiger partial charge in [-0.15, -0.1) is 21.5 Å². The number of rotatable bonds is 3. The van der Waals surface area contributed by atoms with E-state index in [0.29, 0.717) is 16.5 Å². The maximum atomic E-state index is 14.4. The normalized spacial score (nSPS) is 12.9. The van der Waals surface area contributed by atoms with E-state index < -0.39 is 5.95 Å². The number of pyridine rings is 1. The molecule has 4 aromatic rings. The molecule has 0 amide bonds. The predicted octanol–water partition coefficient (Wildman–Crippen LogP) is 5.21. The average Bonchev–Trinajstić information content (AvgIpc) is 3.22. The molecule has 31 heavy (non-hydrogen) atoms. The molecule has 4 heterocycles. The van der Waals surface area contributed by atoms with Crippen molar-refractivity contribution in [1.82, 2.24) is 19.7 Å². The Kier molecular flexibility index (Phi) is 4.83. The van der Waals surface area contributed by atoms with Crippen molar-refractivity contribution in [3.63, 3.8) is 0 Å². The van der Waals surface area contributed by atoms with Gasteiger partial charge in [0, 0.05) is 32.8 Å². The van der Waals surface area contributed by atoms with Crippen molar-refractivity contribution >= 4 is 34.6 Å². The van der Waals surface area contributed by atoms with Gasteiger partial charge in [0.15, 0.2) is 0 Å². The number of nitrogens with zero attached hydrogens (tertiary/aromatic N) is 6. The second-order valence-corrected chi connectivity index (χ2v) is 8.95. The second kappa shape index (κ2) is 7.55. The van der Waals surface area contributed by atoms with Gasteiger partial charge < -0.3 is 0 Å². The first kappa shape index (κ1) is 19.8. The molecular formula is C22H18ClFN6S. The summed E-state index contributed by atoms with van der Waals surface area (Å²) in [5.41, 5.74) is 4.28. The van der Waals surface area contributed by atoms with Crippen molar-refractivity contribution < 1.29 is 4.39 Å². The lowest BCUT2D eigenvalue weighted by atomic mass is 10.00. The molecule has 0 unspecified atom stereocenters. The molecule has 156 valence electrons. The highest BCUT2D eigenvalue weighted by molar-refractivity contribution is 7.15. The van der Waals surface area contributed by atoms with E-state index in [-0.39, 0.29) is 6.54 Å². The van der Waals surface area contributed by atoms with E-state index in [0.717, 1.165) is 33.2 Å². The second-order valence-electron chi connectivity index (χ2n) is 7.31. The van der Waals surface area contributed by atoms with Crippen LogP contribution in [0, 0.1) is 26.7 Å². The molecule has 6 nitrogen and oxygen atoms in total. The number of anilines is 1. The molecule has 0 atom stereocenters. The lowest BCUT2D eigenvalue weighted by Crippen LogP contribution is -2.21. The quantitative estimate of drug-likeness (QED) is 0.400. The first-order valence-electron chi connectivity index (χ1n) is 9.68. The average molecular weight is 453 g/mol. The fourth-order valence-electron chi connectivity index (χ4n) is 3.63. The highest BCUT2D eigenvalue weighted by atomic mass is 35.5. The molecule has 9 heteroatoms. The molecule has 0 fully saturated rings. The number of thiophene rings is 1. The highest BCUT2D eigenvalue weighted by Crippen LogP contribution is 2.38. The van der Waals surface area contributed by atoms with Crippen molar-refractivity contribution in [2.24, 2.45) is 5.10 Å². The van der Waals surface area contributed by atoms with Crippen molar-refractivity contribution in [1.29, 1.82) is 0 Å². The maximum Gasteiger partial charge on any atom is 0.253 e. The van der Waals surface area contributed by atoms with Gasteiger partial charge in [0.05, 0.1) is 6.54 Å². The first-order valence-corrected chi connectivity index (χ1v) is 10.9. The van der Waals surface area contributed by atoms with Crippen LogP contribution in [0.15, 0.2) is 47.7 Å². The number of hydrogen-bond acceptors (Lipinski definition) is 6. The molecule has 1 aliphatic rings. The van der Waals surface area contributed by atoms with E-state index >= 15 is 0 Å². The van der Waals surface area contributed by atoms with Crippen molar-refractivity contribution in [2.45, 2.75) is 27.3 Å². The van der Waals surface area contributed by atoms with E-state index in [1.165, 1.54) is 11.1 Å². The third kappa shape index (κ3) is 3.32. The van der Waals surface area contributed by atoms with E-state index in [9.17, 15) is 4.39 Å². The van der Waals surface area contributed by atoms with Crippen LogP contribution in [0.2, 0.25) is 5.02 Å². The number of aryl methyl sites for hydroxylation is 2.